The highest BCUT2D eigenvalue weighted by Gasteiger charge is 2.29. The maximum Gasteiger partial charge on any atom is 0.264 e. The summed E-state index contributed by atoms with van der Waals surface area (Å²) in [5.74, 6) is -1.49. The Balaban J connectivity index is 1.98. The normalized spacial score (nSPS) is 11.2. The maximum atomic E-state index is 14.5. The fourth-order valence-corrected chi connectivity index (χ4v) is 4.49. The SMILES string of the molecule is Cc1ccc(S(=O)(=O)N(CC(=O)Nc2cccc(Cl)c2Cl)c2ccccc2F)cc1. The van der Waals surface area contributed by atoms with Gasteiger partial charge in [-0.25, -0.2) is 12.8 Å². The summed E-state index contributed by atoms with van der Waals surface area (Å²) in [6.45, 7) is 1.15. The summed E-state index contributed by atoms with van der Waals surface area (Å²) < 4.78 is 41.7. The fourth-order valence-electron chi connectivity index (χ4n) is 2.71. The molecule has 0 saturated carbocycles. The molecule has 1 amide bonds. The summed E-state index contributed by atoms with van der Waals surface area (Å²) in [5.41, 5.74) is 0.834. The largest absolute Gasteiger partial charge is 0.323 e. The Hall–Kier alpha value is -2.61. The molecule has 0 unspecified atom stereocenters. The van der Waals surface area contributed by atoms with Crippen molar-refractivity contribution in [2.24, 2.45) is 0 Å². The van der Waals surface area contributed by atoms with Crippen LogP contribution in [0.15, 0.2) is 71.6 Å². The molecule has 0 radical (unpaired) electrons. The Labute approximate surface area is 184 Å². The second-order valence-electron chi connectivity index (χ2n) is 6.43. The predicted octanol–water partition coefficient (Wildman–Crippen LogP) is 5.27. The van der Waals surface area contributed by atoms with E-state index in [2.05, 4.69) is 5.32 Å². The molecule has 0 spiro atoms. The Morgan fingerprint density at radius 3 is 2.33 bits per heavy atom. The first kappa shape index (κ1) is 22.1. The van der Waals surface area contributed by atoms with Gasteiger partial charge < -0.3 is 5.32 Å². The van der Waals surface area contributed by atoms with E-state index in [0.29, 0.717) is 0 Å². The first-order valence-corrected chi connectivity index (χ1v) is 11.0. The van der Waals surface area contributed by atoms with E-state index in [-0.39, 0.29) is 26.3 Å². The molecule has 0 aliphatic carbocycles. The molecule has 3 aromatic rings. The van der Waals surface area contributed by atoms with Crippen molar-refractivity contribution >= 4 is 50.5 Å². The van der Waals surface area contributed by atoms with Gasteiger partial charge in [0.1, 0.15) is 12.4 Å². The molecule has 1 N–H and O–H groups in total. The van der Waals surface area contributed by atoms with Gasteiger partial charge in [-0.15, -0.1) is 0 Å². The van der Waals surface area contributed by atoms with Crippen molar-refractivity contribution in [2.75, 3.05) is 16.2 Å². The molecular formula is C21H17Cl2FN2O3S. The van der Waals surface area contributed by atoms with E-state index in [1.165, 1.54) is 36.4 Å². The van der Waals surface area contributed by atoms with Crippen LogP contribution in [0, 0.1) is 12.7 Å². The van der Waals surface area contributed by atoms with Crippen LogP contribution < -0.4 is 9.62 Å². The van der Waals surface area contributed by atoms with Crippen molar-refractivity contribution < 1.29 is 17.6 Å². The highest BCUT2D eigenvalue weighted by atomic mass is 35.5. The van der Waals surface area contributed by atoms with Gasteiger partial charge in [-0.3, -0.25) is 9.10 Å². The Kier molecular flexibility index (Phi) is 6.65. The van der Waals surface area contributed by atoms with Gasteiger partial charge in [-0.1, -0.05) is 59.1 Å². The summed E-state index contributed by atoms with van der Waals surface area (Å²) in [7, 11) is -4.23. The molecule has 30 heavy (non-hydrogen) atoms. The highest BCUT2D eigenvalue weighted by molar-refractivity contribution is 7.92. The number of hydrogen-bond donors (Lipinski definition) is 1. The van der Waals surface area contributed by atoms with Crippen LogP contribution in [0.25, 0.3) is 0 Å². The standard InChI is InChI=1S/C21H17Cl2FN2O3S/c1-14-9-11-15(12-10-14)30(28,29)26(19-8-3-2-6-17(19)24)13-20(27)25-18-7-4-5-16(22)21(18)23/h2-12H,13H2,1H3,(H,25,27). The number of para-hydroxylation sites is 1. The number of halogens is 3. The van der Waals surface area contributed by atoms with E-state index in [1.807, 2.05) is 6.92 Å². The number of aryl methyl sites for hydroxylation is 1. The van der Waals surface area contributed by atoms with Crippen LogP contribution in [-0.2, 0) is 14.8 Å². The molecular weight excluding hydrogens is 450 g/mol. The lowest BCUT2D eigenvalue weighted by Gasteiger charge is -2.24. The van der Waals surface area contributed by atoms with E-state index < -0.39 is 28.3 Å². The van der Waals surface area contributed by atoms with Crippen molar-refractivity contribution in [3.8, 4) is 0 Å². The van der Waals surface area contributed by atoms with Crippen LogP contribution >= 0.6 is 23.2 Å². The van der Waals surface area contributed by atoms with Gasteiger partial charge in [0.15, 0.2) is 0 Å². The second kappa shape index (κ2) is 9.04. The number of carbonyl (C=O) groups is 1. The maximum absolute atomic E-state index is 14.5. The molecule has 156 valence electrons. The Morgan fingerprint density at radius 1 is 1.00 bits per heavy atom. The van der Waals surface area contributed by atoms with Gasteiger partial charge in [0.2, 0.25) is 5.91 Å². The summed E-state index contributed by atoms with van der Waals surface area (Å²) in [5, 5.41) is 2.87. The van der Waals surface area contributed by atoms with E-state index in [9.17, 15) is 17.6 Å². The average molecular weight is 467 g/mol. The third kappa shape index (κ3) is 4.75. The van der Waals surface area contributed by atoms with Gasteiger partial charge >= 0.3 is 0 Å². The van der Waals surface area contributed by atoms with Crippen LogP contribution in [0.4, 0.5) is 15.8 Å². The van der Waals surface area contributed by atoms with Crippen LogP contribution in [-0.4, -0.2) is 20.9 Å². The van der Waals surface area contributed by atoms with Crippen LogP contribution in [0.1, 0.15) is 5.56 Å². The lowest BCUT2D eigenvalue weighted by atomic mass is 10.2. The monoisotopic (exact) mass is 466 g/mol. The minimum Gasteiger partial charge on any atom is -0.323 e. The van der Waals surface area contributed by atoms with E-state index in [4.69, 9.17) is 23.2 Å². The first-order chi connectivity index (χ1) is 14.2. The van der Waals surface area contributed by atoms with Crippen molar-refractivity contribution in [1.82, 2.24) is 0 Å². The van der Waals surface area contributed by atoms with Crippen molar-refractivity contribution in [1.29, 1.82) is 0 Å². The van der Waals surface area contributed by atoms with E-state index >= 15 is 0 Å². The van der Waals surface area contributed by atoms with E-state index in [1.54, 1.807) is 24.3 Å². The smallest absolute Gasteiger partial charge is 0.264 e. The lowest BCUT2D eigenvalue weighted by Crippen LogP contribution is -2.38. The topological polar surface area (TPSA) is 66.5 Å². The number of nitrogens with one attached hydrogen (secondary N) is 1. The number of nitrogens with zero attached hydrogens (tertiary/aromatic N) is 1. The van der Waals surface area contributed by atoms with Gasteiger partial charge in [0.05, 0.1) is 26.3 Å². The molecule has 0 aromatic heterocycles. The van der Waals surface area contributed by atoms with Crippen molar-refractivity contribution in [3.63, 3.8) is 0 Å². The number of rotatable bonds is 6. The molecule has 0 fully saturated rings. The summed E-state index contributed by atoms with van der Waals surface area (Å²) in [6, 6.07) is 16.1. The number of carbonyl (C=O) groups excluding carboxylic acids is 1. The Morgan fingerprint density at radius 2 is 1.67 bits per heavy atom. The quantitative estimate of drug-likeness (QED) is 0.537. The molecule has 3 aromatic carbocycles. The number of benzene rings is 3. The van der Waals surface area contributed by atoms with Gasteiger partial charge in [0.25, 0.3) is 10.0 Å². The third-order valence-electron chi connectivity index (χ3n) is 4.24. The third-order valence-corrected chi connectivity index (χ3v) is 6.84. The van der Waals surface area contributed by atoms with Gasteiger partial charge in [0, 0.05) is 0 Å². The minimum absolute atomic E-state index is 0.0649. The van der Waals surface area contributed by atoms with Crippen molar-refractivity contribution in [2.45, 2.75) is 11.8 Å². The summed E-state index contributed by atoms with van der Waals surface area (Å²) >= 11 is 12.0. The zero-order valence-electron chi connectivity index (χ0n) is 15.8. The van der Waals surface area contributed by atoms with Crippen LogP contribution in [0.5, 0.6) is 0 Å². The zero-order chi connectivity index (χ0) is 21.9. The number of amides is 1. The van der Waals surface area contributed by atoms with Gasteiger partial charge in [-0.2, -0.15) is 0 Å². The van der Waals surface area contributed by atoms with E-state index in [0.717, 1.165) is 15.9 Å². The first-order valence-electron chi connectivity index (χ1n) is 8.78. The molecule has 0 aliphatic rings. The predicted molar refractivity (Wildman–Crippen MR) is 117 cm³/mol. The van der Waals surface area contributed by atoms with Crippen molar-refractivity contribution in [3.05, 3.63) is 88.2 Å². The van der Waals surface area contributed by atoms with Gasteiger partial charge in [-0.05, 0) is 43.3 Å². The zero-order valence-corrected chi connectivity index (χ0v) is 18.1. The molecule has 0 bridgehead atoms. The molecule has 0 atom stereocenters. The summed E-state index contributed by atoms with van der Waals surface area (Å²) in [4.78, 5) is 12.6. The highest BCUT2D eigenvalue weighted by Crippen LogP contribution is 2.30. The fraction of sp³-hybridized carbons (Fsp3) is 0.0952. The summed E-state index contributed by atoms with van der Waals surface area (Å²) in [6.07, 6.45) is 0. The molecule has 3 rings (SSSR count). The van der Waals surface area contributed by atoms with Crippen LogP contribution in [0.2, 0.25) is 10.0 Å². The molecule has 0 saturated heterocycles. The second-order valence-corrected chi connectivity index (χ2v) is 9.07. The molecule has 0 heterocycles. The number of sulfonamides is 1. The number of anilines is 2. The lowest BCUT2D eigenvalue weighted by molar-refractivity contribution is -0.114. The minimum atomic E-state index is -4.23. The Bertz CT molecular complexity index is 1190. The molecule has 0 aliphatic heterocycles. The molecule has 5 nitrogen and oxygen atoms in total. The van der Waals surface area contributed by atoms with Crippen LogP contribution in [0.3, 0.4) is 0 Å². The average Bonchev–Trinajstić information content (AvgIpc) is 2.70. The number of hydrogen-bond acceptors (Lipinski definition) is 3. The molecule has 9 heteroatoms.